The quantitative estimate of drug-likeness (QED) is 0.567. The van der Waals surface area contributed by atoms with E-state index >= 15 is 0 Å². The molecule has 5 heteroatoms. The summed E-state index contributed by atoms with van der Waals surface area (Å²) in [5, 5.41) is 3.70. The summed E-state index contributed by atoms with van der Waals surface area (Å²) in [5.41, 5.74) is 3.08. The van der Waals surface area contributed by atoms with Gasteiger partial charge in [0.25, 0.3) is 0 Å². The molecule has 0 saturated carbocycles. The van der Waals surface area contributed by atoms with Crippen LogP contribution in [0.1, 0.15) is 18.1 Å². The van der Waals surface area contributed by atoms with E-state index in [4.69, 9.17) is 4.42 Å². The number of hydrogen-bond acceptors (Lipinski definition) is 4. The first-order chi connectivity index (χ1) is 11.5. The van der Waals surface area contributed by atoms with E-state index in [1.165, 1.54) is 6.92 Å². The van der Waals surface area contributed by atoms with Gasteiger partial charge in [-0.3, -0.25) is 4.79 Å². The van der Waals surface area contributed by atoms with Crippen molar-refractivity contribution in [3.63, 3.8) is 0 Å². The molecule has 0 aliphatic rings. The Morgan fingerprint density at radius 2 is 1.88 bits per heavy atom. The topological polar surface area (TPSA) is 59.3 Å². The van der Waals surface area contributed by atoms with Crippen molar-refractivity contribution in [2.24, 2.45) is 0 Å². The predicted molar refractivity (Wildman–Crippen MR) is 97.5 cm³/mol. The van der Waals surface area contributed by atoms with Gasteiger partial charge in [0.1, 0.15) is 5.58 Å². The first-order valence-corrected chi connectivity index (χ1v) is 8.54. The number of anilines is 1. The summed E-state index contributed by atoms with van der Waals surface area (Å²) in [6.45, 7) is 3.45. The van der Waals surface area contributed by atoms with E-state index in [9.17, 15) is 9.59 Å². The summed E-state index contributed by atoms with van der Waals surface area (Å²) < 4.78 is 5.28. The molecular formula is C19H17NO3S. The van der Waals surface area contributed by atoms with Gasteiger partial charge in [0.2, 0.25) is 5.91 Å². The zero-order valence-corrected chi connectivity index (χ0v) is 14.3. The number of thioether (sulfide) groups is 1. The fourth-order valence-corrected chi connectivity index (χ4v) is 3.34. The molecule has 3 rings (SSSR count). The molecule has 3 aromatic rings. The molecule has 1 heterocycles. The molecule has 0 spiro atoms. The number of fused-ring (bicyclic) bond motifs is 1. The Balaban J connectivity index is 1.80. The van der Waals surface area contributed by atoms with Crippen LogP contribution in [0, 0.1) is 6.92 Å². The van der Waals surface area contributed by atoms with E-state index in [1.54, 1.807) is 17.8 Å². The van der Waals surface area contributed by atoms with Gasteiger partial charge in [-0.1, -0.05) is 12.1 Å². The monoisotopic (exact) mass is 339 g/mol. The molecular weight excluding hydrogens is 322 g/mol. The van der Waals surface area contributed by atoms with Crippen LogP contribution in [-0.2, 0) is 10.5 Å². The number of benzene rings is 2. The highest BCUT2D eigenvalue weighted by Crippen LogP contribution is 2.27. The Kier molecular flexibility index (Phi) is 4.71. The third kappa shape index (κ3) is 3.86. The number of carbonyl (C=O) groups excluding carboxylic acids is 1. The van der Waals surface area contributed by atoms with E-state index in [0.29, 0.717) is 11.3 Å². The Bertz CT molecular complexity index is 945. The van der Waals surface area contributed by atoms with Crippen LogP contribution in [0.25, 0.3) is 11.0 Å². The van der Waals surface area contributed by atoms with E-state index in [-0.39, 0.29) is 11.5 Å². The maximum absolute atomic E-state index is 11.8. The number of carbonyl (C=O) groups is 1. The lowest BCUT2D eigenvalue weighted by Crippen LogP contribution is -2.05. The summed E-state index contributed by atoms with van der Waals surface area (Å²) in [5.74, 6) is 0.582. The van der Waals surface area contributed by atoms with E-state index in [2.05, 4.69) is 5.32 Å². The Morgan fingerprint density at radius 1 is 1.12 bits per heavy atom. The molecule has 4 nitrogen and oxygen atoms in total. The minimum Gasteiger partial charge on any atom is -0.423 e. The number of nitrogens with one attached hydrogen (secondary N) is 1. The average molecular weight is 339 g/mol. The van der Waals surface area contributed by atoms with E-state index < -0.39 is 0 Å². The highest BCUT2D eigenvalue weighted by atomic mass is 32.2. The smallest absolute Gasteiger partial charge is 0.336 e. The highest BCUT2D eigenvalue weighted by Gasteiger charge is 2.07. The summed E-state index contributed by atoms with van der Waals surface area (Å²) in [7, 11) is 0. The largest absolute Gasteiger partial charge is 0.423 e. The zero-order valence-electron chi connectivity index (χ0n) is 13.5. The third-order valence-corrected chi connectivity index (χ3v) is 4.62. The first-order valence-electron chi connectivity index (χ1n) is 7.55. The summed E-state index contributed by atoms with van der Waals surface area (Å²) in [6, 6.07) is 15.1. The molecule has 24 heavy (non-hydrogen) atoms. The molecule has 0 bridgehead atoms. The van der Waals surface area contributed by atoms with E-state index in [1.807, 2.05) is 49.4 Å². The zero-order chi connectivity index (χ0) is 17.1. The molecule has 2 aromatic carbocycles. The third-order valence-electron chi connectivity index (χ3n) is 3.55. The number of rotatable bonds is 4. The van der Waals surface area contributed by atoms with Gasteiger partial charge in [0, 0.05) is 34.7 Å². The standard InChI is InChI=1S/C19H17NO3S/c1-12-3-8-17-14(10-19(22)23-18(17)9-12)11-24-16-6-4-15(5-7-16)20-13(2)21/h3-10H,11H2,1-2H3,(H,20,21). The fraction of sp³-hybridized carbons (Fsp3) is 0.158. The van der Waals surface area contributed by atoms with Crippen LogP contribution in [0.4, 0.5) is 5.69 Å². The van der Waals surface area contributed by atoms with Gasteiger partial charge in [-0.25, -0.2) is 4.79 Å². The summed E-state index contributed by atoms with van der Waals surface area (Å²) in [4.78, 5) is 23.9. The maximum atomic E-state index is 11.8. The lowest BCUT2D eigenvalue weighted by atomic mass is 10.1. The van der Waals surface area contributed by atoms with Crippen molar-refractivity contribution >= 4 is 34.3 Å². The number of hydrogen-bond donors (Lipinski definition) is 1. The van der Waals surface area contributed by atoms with Crippen LogP contribution >= 0.6 is 11.8 Å². The predicted octanol–water partition coefficient (Wildman–Crippen LogP) is 4.35. The Labute approximate surface area is 143 Å². The number of aryl methyl sites for hydroxylation is 1. The highest BCUT2D eigenvalue weighted by molar-refractivity contribution is 7.98. The van der Waals surface area contributed by atoms with Crippen molar-refractivity contribution in [2.75, 3.05) is 5.32 Å². The summed E-state index contributed by atoms with van der Waals surface area (Å²) >= 11 is 1.64. The number of amides is 1. The van der Waals surface area contributed by atoms with Gasteiger partial charge >= 0.3 is 5.63 Å². The van der Waals surface area contributed by atoms with Gasteiger partial charge in [-0.05, 0) is 48.4 Å². The van der Waals surface area contributed by atoms with Crippen LogP contribution in [0.5, 0.6) is 0 Å². The van der Waals surface area contributed by atoms with Crippen LogP contribution in [-0.4, -0.2) is 5.91 Å². The van der Waals surface area contributed by atoms with Crippen LogP contribution in [0.2, 0.25) is 0 Å². The van der Waals surface area contributed by atoms with Crippen molar-refractivity contribution in [3.05, 3.63) is 70.1 Å². The molecule has 1 amide bonds. The van der Waals surface area contributed by atoms with Crippen molar-refractivity contribution < 1.29 is 9.21 Å². The lowest BCUT2D eigenvalue weighted by molar-refractivity contribution is -0.114. The normalized spacial score (nSPS) is 10.8. The average Bonchev–Trinajstić information content (AvgIpc) is 2.52. The maximum Gasteiger partial charge on any atom is 0.336 e. The second kappa shape index (κ2) is 6.93. The van der Waals surface area contributed by atoms with Crippen molar-refractivity contribution in [2.45, 2.75) is 24.5 Å². The van der Waals surface area contributed by atoms with Crippen molar-refractivity contribution in [1.82, 2.24) is 0 Å². The van der Waals surface area contributed by atoms with Gasteiger partial charge in [-0.2, -0.15) is 0 Å². The molecule has 0 saturated heterocycles. The van der Waals surface area contributed by atoms with Gasteiger partial charge in [0.05, 0.1) is 0 Å². The SMILES string of the molecule is CC(=O)Nc1ccc(SCc2cc(=O)oc3cc(C)ccc23)cc1. The minimum atomic E-state index is -0.329. The second-order valence-electron chi connectivity index (χ2n) is 5.58. The molecule has 122 valence electrons. The fourth-order valence-electron chi connectivity index (χ4n) is 2.46. The second-order valence-corrected chi connectivity index (χ2v) is 6.63. The molecule has 1 aromatic heterocycles. The first kappa shape index (κ1) is 16.3. The van der Waals surface area contributed by atoms with Gasteiger partial charge in [0.15, 0.2) is 0 Å². The lowest BCUT2D eigenvalue weighted by Gasteiger charge is -2.07. The van der Waals surface area contributed by atoms with Crippen molar-refractivity contribution in [3.8, 4) is 0 Å². The molecule has 0 fully saturated rings. The Hall–Kier alpha value is -2.53. The Morgan fingerprint density at radius 3 is 2.58 bits per heavy atom. The molecule has 0 aliphatic heterocycles. The van der Waals surface area contributed by atoms with Crippen LogP contribution in [0.15, 0.2) is 62.6 Å². The summed E-state index contributed by atoms with van der Waals surface area (Å²) in [6.07, 6.45) is 0. The molecule has 0 radical (unpaired) electrons. The minimum absolute atomic E-state index is 0.0897. The van der Waals surface area contributed by atoms with Gasteiger partial charge in [-0.15, -0.1) is 11.8 Å². The van der Waals surface area contributed by atoms with E-state index in [0.717, 1.165) is 27.1 Å². The molecule has 0 atom stereocenters. The van der Waals surface area contributed by atoms with Crippen LogP contribution < -0.4 is 10.9 Å². The van der Waals surface area contributed by atoms with Crippen molar-refractivity contribution in [1.29, 1.82) is 0 Å². The molecule has 0 aliphatic carbocycles. The van der Waals surface area contributed by atoms with Crippen LogP contribution in [0.3, 0.4) is 0 Å². The molecule has 0 unspecified atom stereocenters. The molecule has 1 N–H and O–H groups in total. The van der Waals surface area contributed by atoms with Gasteiger partial charge < -0.3 is 9.73 Å².